The Morgan fingerprint density at radius 3 is 2.73 bits per heavy atom. The average molecular weight is 320 g/mol. The van der Waals surface area contributed by atoms with E-state index < -0.39 is 7.94 Å². The van der Waals surface area contributed by atoms with E-state index in [2.05, 4.69) is 41.8 Å². The number of nitrogens with zero attached hydrogens (tertiary/aromatic N) is 2. The number of hydrogen-bond donors (Lipinski definition) is 1. The Balaban J connectivity index is 1.93. The SMILES string of the molecule is C=N/C(=C1/C=CC=C(C)C1)C1CCC(CC/[P+]([O-])=N/O)CC1. The highest BCUT2D eigenvalue weighted by atomic mass is 31.1. The first-order chi connectivity index (χ1) is 10.6. The number of rotatable bonds is 5. The van der Waals surface area contributed by atoms with Gasteiger partial charge < -0.3 is 4.89 Å². The summed E-state index contributed by atoms with van der Waals surface area (Å²) in [4.78, 5) is 18.4. The maximum atomic E-state index is 11.2. The van der Waals surface area contributed by atoms with Gasteiger partial charge in [0.25, 0.3) is 0 Å². The van der Waals surface area contributed by atoms with E-state index in [1.165, 1.54) is 16.8 Å². The van der Waals surface area contributed by atoms with Gasteiger partial charge in [-0.1, -0.05) is 23.8 Å². The normalized spacial score (nSPS) is 28.3. The third-order valence-electron chi connectivity index (χ3n) is 4.71. The van der Waals surface area contributed by atoms with Crippen molar-refractivity contribution in [1.82, 2.24) is 0 Å². The van der Waals surface area contributed by atoms with Crippen LogP contribution in [0.1, 0.15) is 45.4 Å². The number of aliphatic imine (C=N–C) groups is 1. The van der Waals surface area contributed by atoms with Crippen LogP contribution in [0.15, 0.2) is 45.0 Å². The van der Waals surface area contributed by atoms with Crippen LogP contribution in [0.2, 0.25) is 0 Å². The molecule has 4 nitrogen and oxygen atoms in total. The van der Waals surface area contributed by atoms with E-state index in [9.17, 15) is 4.89 Å². The second-order valence-electron chi connectivity index (χ2n) is 6.29. The molecule has 120 valence electrons. The van der Waals surface area contributed by atoms with Crippen LogP contribution in [-0.2, 0) is 0 Å². The fourth-order valence-corrected chi connectivity index (χ4v) is 4.15. The van der Waals surface area contributed by atoms with Gasteiger partial charge in [0, 0.05) is 16.5 Å². The largest absolute Gasteiger partial charge is 0.610 e. The third kappa shape index (κ3) is 4.70. The van der Waals surface area contributed by atoms with Gasteiger partial charge in [0.15, 0.2) is 0 Å². The molecular weight excluding hydrogens is 295 g/mol. The summed E-state index contributed by atoms with van der Waals surface area (Å²) >= 11 is 0. The van der Waals surface area contributed by atoms with E-state index in [1.54, 1.807) is 0 Å². The van der Waals surface area contributed by atoms with Gasteiger partial charge in [-0.25, -0.2) is 5.21 Å². The van der Waals surface area contributed by atoms with Gasteiger partial charge in [-0.15, -0.1) is 0 Å². The van der Waals surface area contributed by atoms with E-state index in [-0.39, 0.29) is 0 Å². The summed E-state index contributed by atoms with van der Waals surface area (Å²) < 4.78 is 0. The molecule has 1 N–H and O–H groups in total. The predicted molar refractivity (Wildman–Crippen MR) is 90.2 cm³/mol. The Morgan fingerprint density at radius 2 is 2.14 bits per heavy atom. The Kier molecular flexibility index (Phi) is 6.69. The molecule has 2 rings (SSSR count). The lowest BCUT2D eigenvalue weighted by Gasteiger charge is -2.29. The highest BCUT2D eigenvalue weighted by Gasteiger charge is 2.26. The molecule has 0 aromatic rings. The quantitative estimate of drug-likeness (QED) is 0.464. The van der Waals surface area contributed by atoms with E-state index in [0.717, 1.165) is 38.5 Å². The monoisotopic (exact) mass is 320 g/mol. The van der Waals surface area contributed by atoms with Crippen LogP contribution in [0.5, 0.6) is 0 Å². The molecule has 0 heterocycles. The van der Waals surface area contributed by atoms with Crippen LogP contribution < -0.4 is 4.89 Å². The molecule has 0 aromatic heterocycles. The molecule has 2 aliphatic rings. The maximum Gasteiger partial charge on any atom is 0.201 e. The Labute approximate surface area is 133 Å². The van der Waals surface area contributed by atoms with Crippen molar-refractivity contribution in [3.05, 3.63) is 35.1 Å². The number of hydrogen-bond acceptors (Lipinski definition) is 3. The lowest BCUT2D eigenvalue weighted by Crippen LogP contribution is -2.17. The maximum absolute atomic E-state index is 11.2. The van der Waals surface area contributed by atoms with Crippen molar-refractivity contribution in [3.8, 4) is 0 Å². The lowest BCUT2D eigenvalue weighted by atomic mass is 9.78. The van der Waals surface area contributed by atoms with Crippen LogP contribution in [0, 0.1) is 11.8 Å². The van der Waals surface area contributed by atoms with Crippen molar-refractivity contribution >= 4 is 14.7 Å². The predicted octanol–water partition coefficient (Wildman–Crippen LogP) is 4.37. The molecule has 1 fully saturated rings. The summed E-state index contributed by atoms with van der Waals surface area (Å²) in [6.07, 6.45) is 13.3. The molecule has 0 aromatic carbocycles. The summed E-state index contributed by atoms with van der Waals surface area (Å²) in [6, 6.07) is 0. The van der Waals surface area contributed by atoms with Crippen molar-refractivity contribution in [3.63, 3.8) is 0 Å². The molecule has 1 unspecified atom stereocenters. The number of allylic oxidation sites excluding steroid dienone is 6. The Bertz CT molecular complexity index is 527. The molecule has 1 atom stereocenters. The van der Waals surface area contributed by atoms with Crippen LogP contribution in [0.25, 0.3) is 0 Å². The minimum Gasteiger partial charge on any atom is -0.610 e. The molecule has 5 heteroatoms. The molecule has 2 aliphatic carbocycles. The van der Waals surface area contributed by atoms with Gasteiger partial charge in [-0.05, 0) is 63.7 Å². The minimum absolute atomic E-state index is 0.496. The van der Waals surface area contributed by atoms with Crippen molar-refractivity contribution in [2.45, 2.75) is 45.4 Å². The van der Waals surface area contributed by atoms with Crippen molar-refractivity contribution in [1.29, 1.82) is 0 Å². The van der Waals surface area contributed by atoms with Gasteiger partial charge in [0.1, 0.15) is 6.16 Å². The van der Waals surface area contributed by atoms with Crippen LogP contribution in [0.3, 0.4) is 0 Å². The van der Waals surface area contributed by atoms with E-state index in [0.29, 0.717) is 18.0 Å². The first-order valence-electron chi connectivity index (χ1n) is 7.97. The lowest BCUT2D eigenvalue weighted by molar-refractivity contribution is -0.157. The molecule has 22 heavy (non-hydrogen) atoms. The van der Waals surface area contributed by atoms with Gasteiger partial charge in [0.2, 0.25) is 7.94 Å². The van der Waals surface area contributed by atoms with E-state index >= 15 is 0 Å². The molecule has 0 bridgehead atoms. The highest BCUT2D eigenvalue weighted by molar-refractivity contribution is 7.39. The minimum atomic E-state index is -1.77. The first kappa shape index (κ1) is 17.3. The summed E-state index contributed by atoms with van der Waals surface area (Å²) in [5.41, 5.74) is 3.84. The van der Waals surface area contributed by atoms with Crippen molar-refractivity contribution in [2.75, 3.05) is 6.16 Å². The molecular formula is C17H25N2O2P. The van der Waals surface area contributed by atoms with E-state index in [4.69, 9.17) is 5.21 Å². The van der Waals surface area contributed by atoms with E-state index in [1.807, 2.05) is 0 Å². The topological polar surface area (TPSA) is 68.0 Å². The van der Waals surface area contributed by atoms with Crippen LogP contribution in [-0.4, -0.2) is 18.1 Å². The third-order valence-corrected chi connectivity index (χ3v) is 5.55. The van der Waals surface area contributed by atoms with Crippen molar-refractivity contribution in [2.24, 2.45) is 21.7 Å². The zero-order chi connectivity index (χ0) is 15.9. The molecule has 1 saturated carbocycles. The second kappa shape index (κ2) is 8.52. The molecule has 0 amide bonds. The zero-order valence-electron chi connectivity index (χ0n) is 13.2. The zero-order valence-corrected chi connectivity index (χ0v) is 14.1. The first-order valence-corrected chi connectivity index (χ1v) is 9.37. The summed E-state index contributed by atoms with van der Waals surface area (Å²) in [5.74, 6) is 1.09. The van der Waals surface area contributed by atoms with Crippen LogP contribution >= 0.6 is 7.94 Å². The molecule has 0 saturated heterocycles. The fraction of sp³-hybridized carbons (Fsp3) is 0.588. The molecule has 0 spiro atoms. The van der Waals surface area contributed by atoms with Gasteiger partial charge in [-0.3, -0.25) is 4.99 Å². The standard InChI is InChI=1S/C17H25N2O2P/c1-13-4-3-5-16(12-13)17(18-2)15-8-6-14(7-9-15)10-11-22(21)19-20/h3-5,14-15,20H,2,6-12H2,1H3/b17-16-. The Hall–Kier alpha value is -1.09. The fourth-order valence-electron chi connectivity index (χ4n) is 3.48. The Morgan fingerprint density at radius 1 is 1.41 bits per heavy atom. The summed E-state index contributed by atoms with van der Waals surface area (Å²) in [5, 5.41) is 8.48. The highest BCUT2D eigenvalue weighted by Crippen LogP contribution is 2.38. The summed E-state index contributed by atoms with van der Waals surface area (Å²) in [7, 11) is -1.77. The molecule has 0 radical (unpaired) electrons. The smallest absolute Gasteiger partial charge is 0.201 e. The van der Waals surface area contributed by atoms with Gasteiger partial charge in [0.05, 0.1) is 0 Å². The van der Waals surface area contributed by atoms with Crippen molar-refractivity contribution < 1.29 is 10.1 Å². The average Bonchev–Trinajstić information content (AvgIpc) is 2.54. The molecule has 0 aliphatic heterocycles. The second-order valence-corrected chi connectivity index (χ2v) is 7.62. The van der Waals surface area contributed by atoms with Crippen LogP contribution in [0.4, 0.5) is 0 Å². The van der Waals surface area contributed by atoms with Gasteiger partial charge >= 0.3 is 0 Å². The van der Waals surface area contributed by atoms with Gasteiger partial charge in [-0.2, -0.15) is 0 Å². The summed E-state index contributed by atoms with van der Waals surface area (Å²) in [6.45, 7) is 5.93.